The number of nitrogens with one attached hydrogen (secondary N) is 1. The highest BCUT2D eigenvalue weighted by Crippen LogP contribution is 2.28. The summed E-state index contributed by atoms with van der Waals surface area (Å²) in [5, 5.41) is 3.29. The van der Waals surface area contributed by atoms with E-state index in [2.05, 4.69) is 12.2 Å². The smallest absolute Gasteiger partial charge is 0.252 e. The number of ether oxygens (including phenoxy) is 1. The van der Waals surface area contributed by atoms with Crippen LogP contribution in [-0.4, -0.2) is 44.6 Å². The monoisotopic (exact) mass is 332 g/mol. The molecule has 0 radical (unpaired) electrons. The third-order valence-electron chi connectivity index (χ3n) is 3.48. The molecule has 1 aromatic heterocycles. The lowest BCUT2D eigenvalue weighted by Crippen LogP contribution is -2.49. The van der Waals surface area contributed by atoms with Crippen molar-refractivity contribution in [3.63, 3.8) is 0 Å². The van der Waals surface area contributed by atoms with Crippen molar-refractivity contribution >= 4 is 21.4 Å². The fourth-order valence-corrected chi connectivity index (χ4v) is 5.45. The first-order valence-corrected chi connectivity index (χ1v) is 9.63. The van der Waals surface area contributed by atoms with Crippen LogP contribution in [0.25, 0.3) is 0 Å². The molecule has 2 unspecified atom stereocenters. The first-order valence-electron chi connectivity index (χ1n) is 7.38. The van der Waals surface area contributed by atoms with Crippen molar-refractivity contribution in [1.82, 2.24) is 9.62 Å². The van der Waals surface area contributed by atoms with Crippen LogP contribution in [-0.2, 0) is 21.3 Å². The fourth-order valence-electron chi connectivity index (χ4n) is 2.30. The van der Waals surface area contributed by atoms with Gasteiger partial charge in [-0.15, -0.1) is 11.3 Å². The van der Waals surface area contributed by atoms with Crippen LogP contribution in [0.1, 0.15) is 32.1 Å². The Morgan fingerprint density at radius 1 is 1.43 bits per heavy atom. The summed E-state index contributed by atoms with van der Waals surface area (Å²) < 4.78 is 33.0. The molecular formula is C14H24N2O3S2. The van der Waals surface area contributed by atoms with E-state index >= 15 is 0 Å². The van der Waals surface area contributed by atoms with Gasteiger partial charge in [-0.05, 0) is 38.9 Å². The molecule has 1 aliphatic rings. The molecule has 5 nitrogen and oxygen atoms in total. The molecular weight excluding hydrogens is 308 g/mol. The van der Waals surface area contributed by atoms with Gasteiger partial charge in [-0.1, -0.05) is 6.92 Å². The summed E-state index contributed by atoms with van der Waals surface area (Å²) in [4.78, 5) is 1.05. The Bertz CT molecular complexity index is 556. The molecule has 0 spiro atoms. The highest BCUT2D eigenvalue weighted by atomic mass is 32.2. The van der Waals surface area contributed by atoms with Gasteiger partial charge in [-0.3, -0.25) is 0 Å². The summed E-state index contributed by atoms with van der Waals surface area (Å²) in [7, 11) is -3.41. The number of thiophene rings is 1. The van der Waals surface area contributed by atoms with Gasteiger partial charge in [0.25, 0.3) is 10.0 Å². The molecule has 2 heterocycles. The molecule has 2 atom stereocenters. The number of hydrogen-bond acceptors (Lipinski definition) is 5. The number of rotatable bonds is 6. The normalized spacial score (nSPS) is 24.3. The van der Waals surface area contributed by atoms with E-state index in [1.54, 1.807) is 10.4 Å². The maximum atomic E-state index is 12.7. The van der Waals surface area contributed by atoms with Crippen LogP contribution in [0.15, 0.2) is 16.3 Å². The van der Waals surface area contributed by atoms with E-state index in [1.165, 1.54) is 11.3 Å². The maximum absolute atomic E-state index is 12.7. The zero-order valence-corrected chi connectivity index (χ0v) is 14.5. The van der Waals surface area contributed by atoms with Crippen LogP contribution in [0.3, 0.4) is 0 Å². The molecule has 0 aliphatic carbocycles. The van der Waals surface area contributed by atoms with Gasteiger partial charge < -0.3 is 10.1 Å². The highest BCUT2D eigenvalue weighted by Gasteiger charge is 2.34. The van der Waals surface area contributed by atoms with Crippen molar-refractivity contribution in [2.24, 2.45) is 0 Å². The van der Waals surface area contributed by atoms with Crippen molar-refractivity contribution in [3.8, 4) is 0 Å². The summed E-state index contributed by atoms with van der Waals surface area (Å²) >= 11 is 1.35. The second kappa shape index (κ2) is 7.19. The molecule has 1 fully saturated rings. The van der Waals surface area contributed by atoms with Crippen LogP contribution in [0.4, 0.5) is 0 Å². The molecule has 1 aliphatic heterocycles. The lowest BCUT2D eigenvalue weighted by Gasteiger charge is -2.35. The first kappa shape index (κ1) is 16.9. The van der Waals surface area contributed by atoms with Gasteiger partial charge in [0.15, 0.2) is 0 Å². The Kier molecular flexibility index (Phi) is 5.79. The lowest BCUT2D eigenvalue weighted by molar-refractivity contribution is -0.0170. The number of sulfonamides is 1. The number of morpholine rings is 1. The SMILES string of the molecule is CCCNCc1ccc(S(=O)(=O)N2CC(C)OCC2C)s1. The van der Waals surface area contributed by atoms with Crippen LogP contribution < -0.4 is 5.32 Å². The average molecular weight is 332 g/mol. The Morgan fingerprint density at radius 2 is 2.19 bits per heavy atom. The molecule has 0 aromatic carbocycles. The molecule has 1 saturated heterocycles. The van der Waals surface area contributed by atoms with Gasteiger partial charge in [0.05, 0.1) is 12.7 Å². The van der Waals surface area contributed by atoms with E-state index in [0.29, 0.717) is 17.4 Å². The van der Waals surface area contributed by atoms with Crippen molar-refractivity contribution in [2.45, 2.75) is 50.1 Å². The van der Waals surface area contributed by atoms with E-state index in [1.807, 2.05) is 19.9 Å². The Morgan fingerprint density at radius 3 is 2.90 bits per heavy atom. The van der Waals surface area contributed by atoms with Crippen LogP contribution in [0, 0.1) is 0 Å². The molecule has 1 N–H and O–H groups in total. The molecule has 21 heavy (non-hydrogen) atoms. The van der Waals surface area contributed by atoms with Gasteiger partial charge in [-0.2, -0.15) is 4.31 Å². The second-order valence-electron chi connectivity index (χ2n) is 5.47. The zero-order valence-electron chi connectivity index (χ0n) is 12.8. The minimum atomic E-state index is -3.41. The van der Waals surface area contributed by atoms with Crippen molar-refractivity contribution in [1.29, 1.82) is 0 Å². The standard InChI is InChI=1S/C14H24N2O3S2/c1-4-7-15-8-13-5-6-14(20-13)21(17,18)16-9-12(3)19-10-11(16)2/h5-6,11-12,15H,4,7-10H2,1-3H3. The van der Waals surface area contributed by atoms with Crippen molar-refractivity contribution in [3.05, 3.63) is 17.0 Å². The van der Waals surface area contributed by atoms with E-state index < -0.39 is 10.0 Å². The third-order valence-corrected chi connectivity index (χ3v) is 7.01. The lowest BCUT2D eigenvalue weighted by atomic mass is 10.2. The van der Waals surface area contributed by atoms with Crippen LogP contribution >= 0.6 is 11.3 Å². The predicted molar refractivity (Wildman–Crippen MR) is 85.1 cm³/mol. The van der Waals surface area contributed by atoms with Gasteiger partial charge >= 0.3 is 0 Å². The van der Waals surface area contributed by atoms with E-state index in [4.69, 9.17) is 4.74 Å². The quantitative estimate of drug-likeness (QED) is 0.810. The average Bonchev–Trinajstić information content (AvgIpc) is 2.91. The fraction of sp³-hybridized carbons (Fsp3) is 0.714. The maximum Gasteiger partial charge on any atom is 0.252 e. The molecule has 0 amide bonds. The van der Waals surface area contributed by atoms with Crippen LogP contribution in [0.5, 0.6) is 0 Å². The Hall–Kier alpha value is -0.470. The van der Waals surface area contributed by atoms with E-state index in [0.717, 1.165) is 24.4 Å². The van der Waals surface area contributed by atoms with Gasteiger partial charge in [-0.25, -0.2) is 8.42 Å². The summed E-state index contributed by atoms with van der Waals surface area (Å²) in [6, 6.07) is 3.50. The summed E-state index contributed by atoms with van der Waals surface area (Å²) in [6.45, 7) is 8.45. The third kappa shape index (κ3) is 4.04. The molecule has 120 valence electrons. The summed E-state index contributed by atoms with van der Waals surface area (Å²) in [6.07, 6.45) is 1.02. The Labute approximate surface area is 131 Å². The van der Waals surface area contributed by atoms with E-state index in [-0.39, 0.29) is 12.1 Å². The molecule has 2 rings (SSSR count). The van der Waals surface area contributed by atoms with E-state index in [9.17, 15) is 8.42 Å². The van der Waals surface area contributed by atoms with Gasteiger partial charge in [0, 0.05) is 24.0 Å². The molecule has 1 aromatic rings. The number of nitrogens with zero attached hydrogens (tertiary/aromatic N) is 1. The largest absolute Gasteiger partial charge is 0.375 e. The second-order valence-corrected chi connectivity index (χ2v) is 8.75. The summed E-state index contributed by atoms with van der Waals surface area (Å²) in [5.74, 6) is 0. The molecule has 0 saturated carbocycles. The van der Waals surface area contributed by atoms with Crippen molar-refractivity contribution < 1.29 is 13.2 Å². The minimum Gasteiger partial charge on any atom is -0.375 e. The van der Waals surface area contributed by atoms with Crippen LogP contribution in [0.2, 0.25) is 0 Å². The molecule has 0 bridgehead atoms. The van der Waals surface area contributed by atoms with Gasteiger partial charge in [0.1, 0.15) is 4.21 Å². The highest BCUT2D eigenvalue weighted by molar-refractivity contribution is 7.91. The first-order chi connectivity index (χ1) is 9.95. The minimum absolute atomic E-state index is 0.0540. The molecule has 7 heteroatoms. The number of hydrogen-bond donors (Lipinski definition) is 1. The topological polar surface area (TPSA) is 58.6 Å². The Balaban J connectivity index is 2.11. The zero-order chi connectivity index (χ0) is 15.5. The van der Waals surface area contributed by atoms with Gasteiger partial charge in [0.2, 0.25) is 0 Å². The summed E-state index contributed by atoms with van der Waals surface area (Å²) in [5.41, 5.74) is 0. The predicted octanol–water partition coefficient (Wildman–Crippen LogP) is 2.05. The van der Waals surface area contributed by atoms with Crippen molar-refractivity contribution in [2.75, 3.05) is 19.7 Å².